The summed E-state index contributed by atoms with van der Waals surface area (Å²) in [6, 6.07) is 12.3. The zero-order valence-corrected chi connectivity index (χ0v) is 15.1. The SMILES string of the molecule is COc1cc(O)ccc1-c1cc(C)c2cc(CS(C)(=O)=O)ccc2n1. The summed E-state index contributed by atoms with van der Waals surface area (Å²) >= 11 is 0. The number of hydrogen-bond donors (Lipinski definition) is 1. The molecule has 0 spiro atoms. The molecule has 25 heavy (non-hydrogen) atoms. The van der Waals surface area contributed by atoms with E-state index in [1.807, 2.05) is 25.1 Å². The lowest BCUT2D eigenvalue weighted by Crippen LogP contribution is -2.01. The van der Waals surface area contributed by atoms with Gasteiger partial charge < -0.3 is 9.84 Å². The van der Waals surface area contributed by atoms with Crippen molar-refractivity contribution in [2.75, 3.05) is 13.4 Å². The Labute approximate surface area is 146 Å². The van der Waals surface area contributed by atoms with E-state index in [1.165, 1.54) is 6.26 Å². The molecule has 0 aliphatic carbocycles. The number of methoxy groups -OCH3 is 1. The van der Waals surface area contributed by atoms with Crippen molar-refractivity contribution in [2.24, 2.45) is 0 Å². The van der Waals surface area contributed by atoms with Crippen LogP contribution in [-0.2, 0) is 15.6 Å². The second-order valence-corrected chi connectivity index (χ2v) is 8.27. The van der Waals surface area contributed by atoms with Gasteiger partial charge in [0, 0.05) is 23.3 Å². The molecule has 130 valence electrons. The van der Waals surface area contributed by atoms with Crippen molar-refractivity contribution < 1.29 is 18.3 Å². The summed E-state index contributed by atoms with van der Waals surface area (Å²) < 4.78 is 28.4. The normalized spacial score (nSPS) is 11.6. The molecule has 0 saturated heterocycles. The Kier molecular flexibility index (Phi) is 4.39. The molecule has 0 fully saturated rings. The first-order valence-corrected chi connectivity index (χ1v) is 9.78. The lowest BCUT2D eigenvalue weighted by Gasteiger charge is -2.11. The molecule has 0 aliphatic rings. The number of nitrogens with zero attached hydrogens (tertiary/aromatic N) is 1. The largest absolute Gasteiger partial charge is 0.508 e. The molecule has 5 nitrogen and oxygen atoms in total. The molecule has 0 bridgehead atoms. The average molecular weight is 357 g/mol. The maximum absolute atomic E-state index is 11.5. The predicted molar refractivity (Wildman–Crippen MR) is 98.7 cm³/mol. The summed E-state index contributed by atoms with van der Waals surface area (Å²) in [5.74, 6) is 0.680. The van der Waals surface area contributed by atoms with Crippen molar-refractivity contribution in [2.45, 2.75) is 12.7 Å². The van der Waals surface area contributed by atoms with Crippen molar-refractivity contribution in [3.8, 4) is 22.8 Å². The predicted octanol–water partition coefficient (Wildman–Crippen LogP) is 3.47. The number of aryl methyl sites for hydroxylation is 1. The third-order valence-corrected chi connectivity index (χ3v) is 4.83. The molecule has 3 aromatic rings. The van der Waals surface area contributed by atoms with Crippen LogP contribution in [0.5, 0.6) is 11.5 Å². The van der Waals surface area contributed by atoms with Gasteiger partial charge >= 0.3 is 0 Å². The van der Waals surface area contributed by atoms with Crippen LogP contribution >= 0.6 is 0 Å². The first-order valence-electron chi connectivity index (χ1n) is 7.72. The summed E-state index contributed by atoms with van der Waals surface area (Å²) in [5.41, 5.74) is 4.03. The minimum atomic E-state index is -3.08. The van der Waals surface area contributed by atoms with Crippen molar-refractivity contribution >= 4 is 20.7 Å². The molecule has 0 saturated carbocycles. The lowest BCUT2D eigenvalue weighted by molar-refractivity contribution is 0.409. The number of ether oxygens (including phenoxy) is 1. The second-order valence-electron chi connectivity index (χ2n) is 6.13. The van der Waals surface area contributed by atoms with Gasteiger partial charge in [-0.2, -0.15) is 0 Å². The summed E-state index contributed by atoms with van der Waals surface area (Å²) in [7, 11) is -1.54. The van der Waals surface area contributed by atoms with Crippen molar-refractivity contribution in [1.29, 1.82) is 0 Å². The van der Waals surface area contributed by atoms with Crippen LogP contribution in [0, 0.1) is 6.92 Å². The van der Waals surface area contributed by atoms with Crippen LogP contribution in [0.4, 0.5) is 0 Å². The van der Waals surface area contributed by atoms with Crippen molar-refractivity contribution in [3.05, 3.63) is 53.6 Å². The third-order valence-electron chi connectivity index (χ3n) is 3.97. The Bertz CT molecular complexity index is 1060. The van der Waals surface area contributed by atoms with E-state index in [0.717, 1.165) is 33.3 Å². The zero-order valence-electron chi connectivity index (χ0n) is 14.3. The second kappa shape index (κ2) is 6.37. The van der Waals surface area contributed by atoms with Crippen LogP contribution in [0.15, 0.2) is 42.5 Å². The van der Waals surface area contributed by atoms with E-state index in [4.69, 9.17) is 4.74 Å². The molecule has 1 aromatic heterocycles. The van der Waals surface area contributed by atoms with E-state index in [1.54, 1.807) is 31.4 Å². The van der Waals surface area contributed by atoms with E-state index in [2.05, 4.69) is 4.98 Å². The lowest BCUT2D eigenvalue weighted by atomic mass is 10.0. The number of aromatic hydroxyl groups is 1. The molecule has 0 radical (unpaired) electrons. The number of phenols is 1. The van der Waals surface area contributed by atoms with Crippen LogP contribution in [0.1, 0.15) is 11.1 Å². The van der Waals surface area contributed by atoms with Gasteiger partial charge in [-0.15, -0.1) is 0 Å². The van der Waals surface area contributed by atoms with E-state index in [-0.39, 0.29) is 11.5 Å². The molecule has 1 N–H and O–H groups in total. The summed E-state index contributed by atoms with van der Waals surface area (Å²) in [6.07, 6.45) is 1.22. The van der Waals surface area contributed by atoms with Gasteiger partial charge in [0.15, 0.2) is 9.84 Å². The van der Waals surface area contributed by atoms with Crippen LogP contribution < -0.4 is 4.74 Å². The number of fused-ring (bicyclic) bond motifs is 1. The van der Waals surface area contributed by atoms with Crippen LogP contribution in [0.3, 0.4) is 0 Å². The molecule has 6 heteroatoms. The molecule has 1 heterocycles. The quantitative estimate of drug-likeness (QED) is 0.774. The van der Waals surface area contributed by atoms with Gasteiger partial charge in [-0.1, -0.05) is 6.07 Å². The van der Waals surface area contributed by atoms with E-state index in [9.17, 15) is 13.5 Å². The number of aromatic nitrogens is 1. The van der Waals surface area contributed by atoms with Gasteiger partial charge in [-0.3, -0.25) is 0 Å². The Morgan fingerprint density at radius 2 is 1.88 bits per heavy atom. The Hall–Kier alpha value is -2.60. The highest BCUT2D eigenvalue weighted by Gasteiger charge is 2.12. The Morgan fingerprint density at radius 3 is 2.56 bits per heavy atom. The Balaban J connectivity index is 2.13. The summed E-state index contributed by atoms with van der Waals surface area (Å²) in [5, 5.41) is 10.5. The highest BCUT2D eigenvalue weighted by molar-refractivity contribution is 7.89. The minimum Gasteiger partial charge on any atom is -0.508 e. The number of benzene rings is 2. The number of rotatable bonds is 4. The minimum absolute atomic E-state index is 0.00984. The third kappa shape index (κ3) is 3.74. The van der Waals surface area contributed by atoms with Gasteiger partial charge in [-0.05, 0) is 48.4 Å². The smallest absolute Gasteiger partial charge is 0.151 e. The topological polar surface area (TPSA) is 76.5 Å². The number of sulfone groups is 1. The standard InChI is InChI=1S/C19H19NO4S/c1-12-8-18(15-6-5-14(21)10-19(15)24-2)20-17-7-4-13(9-16(12)17)11-25(3,22)23/h4-10,21H,11H2,1-3H3. The van der Waals surface area contributed by atoms with Gasteiger partial charge in [0.2, 0.25) is 0 Å². The van der Waals surface area contributed by atoms with E-state index < -0.39 is 9.84 Å². The van der Waals surface area contributed by atoms with Crippen LogP contribution in [0.25, 0.3) is 22.2 Å². The monoisotopic (exact) mass is 357 g/mol. The highest BCUT2D eigenvalue weighted by atomic mass is 32.2. The molecular formula is C19H19NO4S. The van der Waals surface area contributed by atoms with Crippen LogP contribution in [0.2, 0.25) is 0 Å². The first kappa shape index (κ1) is 17.2. The van der Waals surface area contributed by atoms with Gasteiger partial charge in [0.1, 0.15) is 11.5 Å². The molecule has 2 aromatic carbocycles. The Morgan fingerprint density at radius 1 is 1.12 bits per heavy atom. The molecule has 0 atom stereocenters. The molecule has 3 rings (SSSR count). The van der Waals surface area contributed by atoms with Gasteiger partial charge in [0.25, 0.3) is 0 Å². The van der Waals surface area contributed by atoms with Crippen LogP contribution in [-0.4, -0.2) is 31.9 Å². The highest BCUT2D eigenvalue weighted by Crippen LogP contribution is 2.34. The van der Waals surface area contributed by atoms with E-state index in [0.29, 0.717) is 5.75 Å². The van der Waals surface area contributed by atoms with E-state index >= 15 is 0 Å². The molecule has 0 aliphatic heterocycles. The maximum Gasteiger partial charge on any atom is 0.151 e. The summed E-state index contributed by atoms with van der Waals surface area (Å²) in [4.78, 5) is 4.67. The fourth-order valence-corrected chi connectivity index (χ4v) is 3.65. The zero-order chi connectivity index (χ0) is 18.2. The molecular weight excluding hydrogens is 338 g/mol. The average Bonchev–Trinajstić information content (AvgIpc) is 2.53. The number of pyridine rings is 1. The van der Waals surface area contributed by atoms with Gasteiger partial charge in [0.05, 0.1) is 24.1 Å². The number of hydrogen-bond acceptors (Lipinski definition) is 5. The van der Waals surface area contributed by atoms with Crippen molar-refractivity contribution in [1.82, 2.24) is 4.98 Å². The summed E-state index contributed by atoms with van der Waals surface area (Å²) in [6.45, 7) is 1.96. The molecule has 0 amide bonds. The maximum atomic E-state index is 11.5. The first-order chi connectivity index (χ1) is 11.8. The fourth-order valence-electron chi connectivity index (χ4n) is 2.86. The van der Waals surface area contributed by atoms with Crippen molar-refractivity contribution in [3.63, 3.8) is 0 Å². The molecule has 0 unspecified atom stereocenters. The van der Waals surface area contributed by atoms with Gasteiger partial charge in [-0.25, -0.2) is 13.4 Å². The number of phenolic OH excluding ortho intramolecular Hbond substituents is 1. The fraction of sp³-hybridized carbons (Fsp3) is 0.211.